The first-order valence-electron chi connectivity index (χ1n) is 5.20. The Morgan fingerprint density at radius 3 is 2.83 bits per heavy atom. The Morgan fingerprint density at radius 1 is 1.39 bits per heavy atom. The molecule has 0 bridgehead atoms. The van der Waals surface area contributed by atoms with Crippen molar-refractivity contribution >= 4 is 5.97 Å². The van der Waals surface area contributed by atoms with Crippen LogP contribution in [0.4, 0.5) is 4.39 Å². The van der Waals surface area contributed by atoms with Gasteiger partial charge in [0.25, 0.3) is 5.88 Å². The Hall–Kier alpha value is -2.43. The molecule has 0 aliphatic heterocycles. The second kappa shape index (κ2) is 4.83. The second-order valence-electron chi connectivity index (χ2n) is 3.70. The predicted octanol–water partition coefficient (Wildman–Crippen LogP) is 3.02. The number of carboxylic acid groups (broad SMARTS) is 1. The number of nitrogens with zero attached hydrogens (tertiary/aromatic N) is 1. The molecule has 0 fully saturated rings. The average molecular weight is 247 g/mol. The van der Waals surface area contributed by atoms with E-state index < -0.39 is 11.8 Å². The number of aromatic carboxylic acids is 1. The zero-order chi connectivity index (χ0) is 13.1. The third-order valence-electron chi connectivity index (χ3n) is 2.30. The molecule has 4 nitrogen and oxygen atoms in total. The standard InChI is InChI=1S/C13H10FNO3/c1-8-4-5-9(13(16)17)11(7-8)18-12-10(14)3-2-6-15-12/h2-7H,1H3,(H,16,17). The molecule has 0 spiro atoms. The van der Waals surface area contributed by atoms with Crippen molar-refractivity contribution in [2.75, 3.05) is 0 Å². The fraction of sp³-hybridized carbons (Fsp3) is 0.0769. The lowest BCUT2D eigenvalue weighted by Gasteiger charge is -2.09. The number of carboxylic acids is 1. The molecule has 1 aromatic heterocycles. The molecule has 5 heteroatoms. The summed E-state index contributed by atoms with van der Waals surface area (Å²) in [6.45, 7) is 1.78. The van der Waals surface area contributed by atoms with Crippen molar-refractivity contribution in [3.8, 4) is 11.6 Å². The Balaban J connectivity index is 2.42. The Kier molecular flexibility index (Phi) is 3.23. The van der Waals surface area contributed by atoms with Crippen molar-refractivity contribution in [1.82, 2.24) is 4.98 Å². The van der Waals surface area contributed by atoms with E-state index >= 15 is 0 Å². The van der Waals surface area contributed by atoms with Crippen molar-refractivity contribution in [3.63, 3.8) is 0 Å². The quantitative estimate of drug-likeness (QED) is 0.905. The van der Waals surface area contributed by atoms with Gasteiger partial charge in [-0.25, -0.2) is 14.2 Å². The summed E-state index contributed by atoms with van der Waals surface area (Å²) >= 11 is 0. The third kappa shape index (κ3) is 2.45. The van der Waals surface area contributed by atoms with Gasteiger partial charge >= 0.3 is 5.97 Å². The summed E-state index contributed by atoms with van der Waals surface area (Å²) in [7, 11) is 0. The van der Waals surface area contributed by atoms with Gasteiger partial charge in [-0.15, -0.1) is 0 Å². The van der Waals surface area contributed by atoms with Gasteiger partial charge < -0.3 is 9.84 Å². The van der Waals surface area contributed by atoms with Crippen molar-refractivity contribution in [2.45, 2.75) is 6.92 Å². The molecule has 0 aliphatic carbocycles. The van der Waals surface area contributed by atoms with Crippen molar-refractivity contribution in [1.29, 1.82) is 0 Å². The molecule has 0 saturated carbocycles. The summed E-state index contributed by atoms with van der Waals surface area (Å²) in [6, 6.07) is 7.20. The van der Waals surface area contributed by atoms with Crippen molar-refractivity contribution in [3.05, 3.63) is 53.5 Å². The van der Waals surface area contributed by atoms with Gasteiger partial charge in [0.05, 0.1) is 0 Å². The first-order valence-corrected chi connectivity index (χ1v) is 5.20. The molecule has 1 aromatic carbocycles. The minimum atomic E-state index is -1.14. The fourth-order valence-corrected chi connectivity index (χ4v) is 1.44. The number of aryl methyl sites for hydroxylation is 1. The lowest BCUT2D eigenvalue weighted by Crippen LogP contribution is -2.01. The Bertz CT molecular complexity index is 599. The number of ether oxygens (including phenoxy) is 1. The van der Waals surface area contributed by atoms with E-state index in [-0.39, 0.29) is 17.2 Å². The normalized spacial score (nSPS) is 10.1. The SMILES string of the molecule is Cc1ccc(C(=O)O)c(Oc2ncccc2F)c1. The Morgan fingerprint density at radius 2 is 2.17 bits per heavy atom. The first kappa shape index (κ1) is 12.0. The molecule has 1 N–H and O–H groups in total. The van der Waals surface area contributed by atoms with Crippen LogP contribution in [0.2, 0.25) is 0 Å². The highest BCUT2D eigenvalue weighted by Gasteiger charge is 2.14. The van der Waals surface area contributed by atoms with Gasteiger partial charge in [0.2, 0.25) is 0 Å². The molecule has 2 rings (SSSR count). The monoisotopic (exact) mass is 247 g/mol. The molecular formula is C13H10FNO3. The number of carbonyl (C=O) groups is 1. The van der Waals surface area contributed by atoms with Gasteiger partial charge in [-0.05, 0) is 36.8 Å². The van der Waals surface area contributed by atoms with Crippen LogP contribution in [0, 0.1) is 12.7 Å². The topological polar surface area (TPSA) is 59.4 Å². The molecule has 92 valence electrons. The van der Waals surface area contributed by atoms with Gasteiger partial charge in [0.15, 0.2) is 5.82 Å². The van der Waals surface area contributed by atoms with Crippen LogP contribution in [0.3, 0.4) is 0 Å². The largest absolute Gasteiger partial charge is 0.478 e. The van der Waals surface area contributed by atoms with E-state index in [1.165, 1.54) is 30.5 Å². The molecule has 0 aliphatic rings. The van der Waals surface area contributed by atoms with Crippen LogP contribution >= 0.6 is 0 Å². The van der Waals surface area contributed by atoms with E-state index in [0.29, 0.717) is 0 Å². The van der Waals surface area contributed by atoms with E-state index in [0.717, 1.165) is 5.56 Å². The molecule has 18 heavy (non-hydrogen) atoms. The van der Waals surface area contributed by atoms with E-state index in [1.807, 2.05) is 0 Å². The number of rotatable bonds is 3. The number of hydrogen-bond donors (Lipinski definition) is 1. The lowest BCUT2D eigenvalue weighted by molar-refractivity contribution is 0.0694. The summed E-state index contributed by atoms with van der Waals surface area (Å²) in [5.74, 6) is -1.96. The number of halogens is 1. The number of aromatic nitrogens is 1. The highest BCUT2D eigenvalue weighted by atomic mass is 19.1. The van der Waals surface area contributed by atoms with Crippen LogP contribution in [0.5, 0.6) is 11.6 Å². The lowest BCUT2D eigenvalue weighted by atomic mass is 10.1. The predicted molar refractivity (Wildman–Crippen MR) is 62.4 cm³/mol. The number of benzene rings is 1. The molecule has 0 amide bonds. The van der Waals surface area contributed by atoms with Crippen LogP contribution < -0.4 is 4.74 Å². The molecule has 1 heterocycles. The van der Waals surface area contributed by atoms with Crippen LogP contribution in [-0.4, -0.2) is 16.1 Å². The fourth-order valence-electron chi connectivity index (χ4n) is 1.44. The van der Waals surface area contributed by atoms with Gasteiger partial charge in [-0.2, -0.15) is 0 Å². The summed E-state index contributed by atoms with van der Waals surface area (Å²) in [5, 5.41) is 9.01. The maximum atomic E-state index is 13.4. The zero-order valence-electron chi connectivity index (χ0n) is 9.55. The Labute approximate surface area is 103 Å². The number of pyridine rings is 1. The second-order valence-corrected chi connectivity index (χ2v) is 3.70. The molecule has 0 unspecified atom stereocenters. The molecular weight excluding hydrogens is 237 g/mol. The maximum absolute atomic E-state index is 13.4. The minimum absolute atomic E-state index is 0.0364. The zero-order valence-corrected chi connectivity index (χ0v) is 9.55. The molecule has 0 atom stereocenters. The summed E-state index contributed by atoms with van der Waals surface area (Å²) in [4.78, 5) is 14.7. The summed E-state index contributed by atoms with van der Waals surface area (Å²) in [5.41, 5.74) is 0.775. The summed E-state index contributed by atoms with van der Waals surface area (Å²) < 4.78 is 18.6. The molecule has 0 radical (unpaired) electrons. The van der Waals surface area contributed by atoms with Crippen molar-refractivity contribution < 1.29 is 19.0 Å². The smallest absolute Gasteiger partial charge is 0.339 e. The van der Waals surface area contributed by atoms with Gasteiger partial charge in [0.1, 0.15) is 11.3 Å². The van der Waals surface area contributed by atoms with Crippen LogP contribution in [0.15, 0.2) is 36.5 Å². The summed E-state index contributed by atoms with van der Waals surface area (Å²) in [6.07, 6.45) is 1.37. The van der Waals surface area contributed by atoms with E-state index in [4.69, 9.17) is 9.84 Å². The van der Waals surface area contributed by atoms with Gasteiger partial charge in [-0.1, -0.05) is 6.07 Å². The highest BCUT2D eigenvalue weighted by molar-refractivity contribution is 5.91. The van der Waals surface area contributed by atoms with Crippen LogP contribution in [0.25, 0.3) is 0 Å². The average Bonchev–Trinajstić information content (AvgIpc) is 2.32. The highest BCUT2D eigenvalue weighted by Crippen LogP contribution is 2.26. The number of hydrogen-bond acceptors (Lipinski definition) is 3. The van der Waals surface area contributed by atoms with Gasteiger partial charge in [0, 0.05) is 6.20 Å². The third-order valence-corrected chi connectivity index (χ3v) is 2.30. The first-order chi connectivity index (χ1) is 8.58. The van der Waals surface area contributed by atoms with Crippen LogP contribution in [0.1, 0.15) is 15.9 Å². The van der Waals surface area contributed by atoms with E-state index in [9.17, 15) is 9.18 Å². The van der Waals surface area contributed by atoms with E-state index in [1.54, 1.807) is 13.0 Å². The minimum Gasteiger partial charge on any atom is -0.478 e. The molecule has 0 saturated heterocycles. The van der Waals surface area contributed by atoms with Gasteiger partial charge in [-0.3, -0.25) is 0 Å². The van der Waals surface area contributed by atoms with E-state index in [2.05, 4.69) is 4.98 Å². The molecule has 2 aromatic rings. The maximum Gasteiger partial charge on any atom is 0.339 e. The van der Waals surface area contributed by atoms with Crippen LogP contribution in [-0.2, 0) is 0 Å². The van der Waals surface area contributed by atoms with Crippen molar-refractivity contribution in [2.24, 2.45) is 0 Å².